The lowest BCUT2D eigenvalue weighted by atomic mass is 9.99. The van der Waals surface area contributed by atoms with Crippen LogP contribution >= 0.6 is 0 Å². The molecule has 0 spiro atoms. The molecule has 1 aromatic carbocycles. The van der Waals surface area contributed by atoms with E-state index in [0.29, 0.717) is 6.04 Å². The normalized spacial score (nSPS) is 22.2. The molecule has 1 atom stereocenters. The Kier molecular flexibility index (Phi) is 6.14. The molecule has 1 saturated heterocycles. The Bertz CT molecular complexity index is 781. The fraction of sp³-hybridized carbons (Fsp3) is 0.609. The Morgan fingerprint density at radius 2 is 2.00 bits per heavy atom. The Labute approximate surface area is 168 Å². The Hall–Kier alpha value is -1.69. The SMILES string of the molecule is Cc1ccc(C)c(-c2[nH]ncc2CN2CCN(C3CCCC3)C(CCO)C2)c1. The fourth-order valence-electron chi connectivity index (χ4n) is 5.11. The first-order valence-corrected chi connectivity index (χ1v) is 10.8. The van der Waals surface area contributed by atoms with Crippen molar-refractivity contribution in [2.45, 2.75) is 64.6 Å². The number of benzene rings is 1. The lowest BCUT2D eigenvalue weighted by Crippen LogP contribution is -2.56. The average Bonchev–Trinajstić information content (AvgIpc) is 3.36. The van der Waals surface area contributed by atoms with Gasteiger partial charge in [0.2, 0.25) is 0 Å². The van der Waals surface area contributed by atoms with Gasteiger partial charge in [-0.3, -0.25) is 14.9 Å². The predicted octanol–water partition coefficient (Wildman–Crippen LogP) is 3.50. The summed E-state index contributed by atoms with van der Waals surface area (Å²) >= 11 is 0. The minimum absolute atomic E-state index is 0.279. The van der Waals surface area contributed by atoms with Crippen LogP contribution in [0.5, 0.6) is 0 Å². The summed E-state index contributed by atoms with van der Waals surface area (Å²) in [6.07, 6.45) is 8.26. The highest BCUT2D eigenvalue weighted by atomic mass is 16.3. The molecular formula is C23H34N4O. The molecular weight excluding hydrogens is 348 g/mol. The smallest absolute Gasteiger partial charge is 0.0698 e. The minimum atomic E-state index is 0.279. The van der Waals surface area contributed by atoms with Crippen LogP contribution in [-0.2, 0) is 6.54 Å². The quantitative estimate of drug-likeness (QED) is 0.803. The molecule has 2 aromatic rings. The van der Waals surface area contributed by atoms with Gasteiger partial charge >= 0.3 is 0 Å². The highest BCUT2D eigenvalue weighted by Gasteiger charge is 2.33. The maximum absolute atomic E-state index is 9.61. The first kappa shape index (κ1) is 19.6. The number of aliphatic hydroxyl groups is 1. The average molecular weight is 383 g/mol. The second kappa shape index (κ2) is 8.76. The number of nitrogens with zero attached hydrogens (tertiary/aromatic N) is 3. The van der Waals surface area contributed by atoms with E-state index in [0.717, 1.165) is 44.3 Å². The van der Waals surface area contributed by atoms with E-state index in [1.807, 2.05) is 6.20 Å². The molecule has 0 bridgehead atoms. The van der Waals surface area contributed by atoms with Crippen LogP contribution < -0.4 is 0 Å². The molecule has 28 heavy (non-hydrogen) atoms. The van der Waals surface area contributed by atoms with Gasteiger partial charge in [0.1, 0.15) is 0 Å². The van der Waals surface area contributed by atoms with Crippen molar-refractivity contribution in [3.05, 3.63) is 41.1 Å². The van der Waals surface area contributed by atoms with Crippen LogP contribution in [-0.4, -0.2) is 63.4 Å². The molecule has 2 fully saturated rings. The molecule has 1 aromatic heterocycles. The first-order chi connectivity index (χ1) is 13.7. The van der Waals surface area contributed by atoms with Crippen molar-refractivity contribution in [2.75, 3.05) is 26.2 Å². The molecule has 2 heterocycles. The fourth-order valence-corrected chi connectivity index (χ4v) is 5.11. The van der Waals surface area contributed by atoms with Crippen molar-refractivity contribution in [1.82, 2.24) is 20.0 Å². The first-order valence-electron chi connectivity index (χ1n) is 10.8. The van der Waals surface area contributed by atoms with Gasteiger partial charge in [0.15, 0.2) is 0 Å². The Morgan fingerprint density at radius 3 is 2.79 bits per heavy atom. The molecule has 0 radical (unpaired) electrons. The number of piperazine rings is 1. The van der Waals surface area contributed by atoms with E-state index in [4.69, 9.17) is 0 Å². The third-order valence-electron chi connectivity index (χ3n) is 6.64. The van der Waals surface area contributed by atoms with Gasteiger partial charge in [0.25, 0.3) is 0 Å². The zero-order valence-electron chi connectivity index (χ0n) is 17.3. The van der Waals surface area contributed by atoms with Crippen LogP contribution in [0.25, 0.3) is 11.3 Å². The maximum atomic E-state index is 9.61. The molecule has 1 aliphatic heterocycles. The van der Waals surface area contributed by atoms with Gasteiger partial charge in [0, 0.05) is 56.0 Å². The van der Waals surface area contributed by atoms with Crippen LogP contribution in [0.1, 0.15) is 48.8 Å². The van der Waals surface area contributed by atoms with Crippen molar-refractivity contribution in [1.29, 1.82) is 0 Å². The van der Waals surface area contributed by atoms with Crippen molar-refractivity contribution < 1.29 is 5.11 Å². The number of rotatable bonds is 6. The lowest BCUT2D eigenvalue weighted by molar-refractivity contribution is 0.0268. The number of hydrogen-bond acceptors (Lipinski definition) is 4. The van der Waals surface area contributed by atoms with Crippen LogP contribution in [0.2, 0.25) is 0 Å². The van der Waals surface area contributed by atoms with E-state index in [-0.39, 0.29) is 6.61 Å². The highest BCUT2D eigenvalue weighted by molar-refractivity contribution is 5.67. The summed E-state index contributed by atoms with van der Waals surface area (Å²) in [4.78, 5) is 5.24. The van der Waals surface area contributed by atoms with Gasteiger partial charge in [-0.05, 0) is 44.7 Å². The van der Waals surface area contributed by atoms with Crippen LogP contribution in [0.3, 0.4) is 0 Å². The monoisotopic (exact) mass is 382 g/mol. The summed E-state index contributed by atoms with van der Waals surface area (Å²) in [5, 5.41) is 17.2. The molecule has 1 saturated carbocycles. The number of hydrogen-bond donors (Lipinski definition) is 2. The summed E-state index contributed by atoms with van der Waals surface area (Å²) in [5.41, 5.74) is 6.22. The lowest BCUT2D eigenvalue weighted by Gasteiger charge is -2.44. The van der Waals surface area contributed by atoms with Gasteiger partial charge in [-0.1, -0.05) is 30.5 Å². The largest absolute Gasteiger partial charge is 0.396 e. The summed E-state index contributed by atoms with van der Waals surface area (Å²) < 4.78 is 0. The second-order valence-corrected chi connectivity index (χ2v) is 8.67. The summed E-state index contributed by atoms with van der Waals surface area (Å²) in [5.74, 6) is 0. The van der Waals surface area contributed by atoms with Gasteiger partial charge in [-0.2, -0.15) is 5.10 Å². The Balaban J connectivity index is 1.48. The molecule has 4 rings (SSSR count). The zero-order chi connectivity index (χ0) is 19.5. The third kappa shape index (κ3) is 4.17. The van der Waals surface area contributed by atoms with Crippen LogP contribution in [0.4, 0.5) is 0 Å². The molecule has 2 aliphatic rings. The van der Waals surface area contributed by atoms with E-state index < -0.39 is 0 Å². The number of aryl methyl sites for hydroxylation is 2. The summed E-state index contributed by atoms with van der Waals surface area (Å²) in [6.45, 7) is 8.74. The minimum Gasteiger partial charge on any atom is -0.396 e. The molecule has 1 unspecified atom stereocenters. The van der Waals surface area contributed by atoms with Crippen molar-refractivity contribution in [3.8, 4) is 11.3 Å². The van der Waals surface area contributed by atoms with E-state index in [2.05, 4.69) is 52.0 Å². The molecule has 2 N–H and O–H groups in total. The highest BCUT2D eigenvalue weighted by Crippen LogP contribution is 2.30. The van der Waals surface area contributed by atoms with E-state index >= 15 is 0 Å². The summed E-state index contributed by atoms with van der Waals surface area (Å²) in [6, 6.07) is 7.80. The standard InChI is InChI=1S/C23H34N4O/c1-17-7-8-18(2)22(13-17)23-19(14-24-25-23)15-26-10-11-27(20-5-3-4-6-20)21(16-26)9-12-28/h7-8,13-14,20-21,28H,3-6,9-12,15-16H2,1-2H3,(H,24,25). The van der Waals surface area contributed by atoms with E-state index in [1.54, 1.807) is 0 Å². The number of H-pyrrole nitrogens is 1. The zero-order valence-corrected chi connectivity index (χ0v) is 17.3. The third-order valence-corrected chi connectivity index (χ3v) is 6.64. The molecule has 152 valence electrons. The number of aromatic amines is 1. The van der Waals surface area contributed by atoms with Gasteiger partial charge in [-0.15, -0.1) is 0 Å². The number of aliphatic hydroxyl groups excluding tert-OH is 1. The van der Waals surface area contributed by atoms with Crippen molar-refractivity contribution in [3.63, 3.8) is 0 Å². The maximum Gasteiger partial charge on any atom is 0.0698 e. The molecule has 0 amide bonds. The van der Waals surface area contributed by atoms with Gasteiger partial charge < -0.3 is 5.11 Å². The second-order valence-electron chi connectivity index (χ2n) is 8.67. The van der Waals surface area contributed by atoms with Crippen LogP contribution in [0.15, 0.2) is 24.4 Å². The van der Waals surface area contributed by atoms with E-state index in [9.17, 15) is 5.11 Å². The molecule has 5 nitrogen and oxygen atoms in total. The number of aromatic nitrogens is 2. The van der Waals surface area contributed by atoms with E-state index in [1.165, 1.54) is 47.9 Å². The molecule has 1 aliphatic carbocycles. The van der Waals surface area contributed by atoms with Crippen molar-refractivity contribution in [2.24, 2.45) is 0 Å². The Morgan fingerprint density at radius 1 is 1.18 bits per heavy atom. The van der Waals surface area contributed by atoms with Crippen molar-refractivity contribution >= 4 is 0 Å². The predicted molar refractivity (Wildman–Crippen MR) is 113 cm³/mol. The summed E-state index contributed by atoms with van der Waals surface area (Å²) in [7, 11) is 0. The van der Waals surface area contributed by atoms with Gasteiger partial charge in [-0.25, -0.2) is 0 Å². The van der Waals surface area contributed by atoms with Gasteiger partial charge in [0.05, 0.1) is 11.9 Å². The molecule has 5 heteroatoms. The topological polar surface area (TPSA) is 55.4 Å². The number of nitrogens with one attached hydrogen (secondary N) is 1. The van der Waals surface area contributed by atoms with Crippen LogP contribution in [0, 0.1) is 13.8 Å².